The second-order valence-electron chi connectivity index (χ2n) is 4.60. The highest BCUT2D eigenvalue weighted by Gasteiger charge is 2.14. The molecule has 0 aliphatic rings. The molecule has 0 aromatic carbocycles. The van der Waals surface area contributed by atoms with E-state index < -0.39 is 0 Å². The number of nitrogens with zero attached hydrogens (tertiary/aromatic N) is 5. The first-order valence-electron chi connectivity index (χ1n) is 5.86. The van der Waals surface area contributed by atoms with Crippen LogP contribution in [0.2, 0.25) is 0 Å². The first-order chi connectivity index (χ1) is 8.49. The maximum absolute atomic E-state index is 12.1. The van der Waals surface area contributed by atoms with Gasteiger partial charge in [-0.15, -0.1) is 0 Å². The molecule has 0 saturated carbocycles. The summed E-state index contributed by atoms with van der Waals surface area (Å²) in [6, 6.07) is 0. The molecule has 2 aromatic rings. The molecule has 96 valence electrons. The van der Waals surface area contributed by atoms with E-state index in [4.69, 9.17) is 0 Å². The zero-order chi connectivity index (χ0) is 13.3. The van der Waals surface area contributed by atoms with Crippen LogP contribution in [0.25, 0.3) is 5.78 Å². The molecule has 0 radical (unpaired) electrons. The van der Waals surface area contributed by atoms with Gasteiger partial charge in [-0.2, -0.15) is 10.1 Å². The normalized spacial score (nSPS) is 11.4. The Bertz CT molecular complexity index is 587. The number of hydrogen-bond acceptors (Lipinski definition) is 5. The van der Waals surface area contributed by atoms with Crippen molar-refractivity contribution < 1.29 is 4.79 Å². The Balaban J connectivity index is 2.33. The molecule has 6 heteroatoms. The zero-order valence-corrected chi connectivity index (χ0v) is 11.1. The van der Waals surface area contributed by atoms with Gasteiger partial charge >= 0.3 is 0 Å². The van der Waals surface area contributed by atoms with Gasteiger partial charge in [0.2, 0.25) is 0 Å². The van der Waals surface area contributed by atoms with Crippen molar-refractivity contribution in [3.8, 4) is 0 Å². The van der Waals surface area contributed by atoms with Gasteiger partial charge in [0.15, 0.2) is 5.78 Å². The van der Waals surface area contributed by atoms with Crippen LogP contribution in [0.3, 0.4) is 0 Å². The lowest BCUT2D eigenvalue weighted by molar-refractivity contribution is 0.0971. The Morgan fingerprint density at radius 2 is 2.11 bits per heavy atom. The quantitative estimate of drug-likeness (QED) is 0.750. The number of rotatable bonds is 4. The summed E-state index contributed by atoms with van der Waals surface area (Å²) in [5.74, 6) is 1.28. The van der Waals surface area contributed by atoms with Gasteiger partial charge in [-0.25, -0.2) is 9.50 Å². The summed E-state index contributed by atoms with van der Waals surface area (Å²) < 4.78 is 1.62. The number of carbonyl (C=O) groups excluding carboxylic acids is 1. The van der Waals surface area contributed by atoms with Crippen LogP contribution in [0.4, 0.5) is 0 Å². The fourth-order valence-corrected chi connectivity index (χ4v) is 1.78. The van der Waals surface area contributed by atoms with E-state index in [0.717, 1.165) is 12.2 Å². The molecule has 0 atom stereocenters. The van der Waals surface area contributed by atoms with E-state index in [-0.39, 0.29) is 5.78 Å². The van der Waals surface area contributed by atoms with Crippen molar-refractivity contribution in [1.29, 1.82) is 0 Å². The largest absolute Gasteiger partial charge is 0.309 e. The molecule has 0 bridgehead atoms. The Kier molecular flexibility index (Phi) is 3.38. The van der Waals surface area contributed by atoms with Crippen molar-refractivity contribution in [2.24, 2.45) is 0 Å². The highest BCUT2D eigenvalue weighted by molar-refractivity contribution is 5.97. The van der Waals surface area contributed by atoms with Gasteiger partial charge in [0.1, 0.15) is 5.82 Å². The van der Waals surface area contributed by atoms with Crippen molar-refractivity contribution in [2.75, 3.05) is 20.6 Å². The summed E-state index contributed by atoms with van der Waals surface area (Å²) in [5, 5.41) is 4.23. The van der Waals surface area contributed by atoms with E-state index in [0.29, 0.717) is 23.6 Å². The number of aryl methyl sites for hydroxylation is 2. The summed E-state index contributed by atoms with van der Waals surface area (Å²) in [7, 11) is 3.89. The van der Waals surface area contributed by atoms with Gasteiger partial charge in [0, 0.05) is 19.2 Å². The molecule has 0 aliphatic carbocycles. The van der Waals surface area contributed by atoms with Gasteiger partial charge in [0.05, 0.1) is 11.3 Å². The third-order valence-electron chi connectivity index (χ3n) is 2.80. The van der Waals surface area contributed by atoms with Crippen molar-refractivity contribution in [2.45, 2.75) is 20.3 Å². The number of hydrogen-bond donors (Lipinski definition) is 0. The van der Waals surface area contributed by atoms with Crippen LogP contribution < -0.4 is 0 Å². The Labute approximate surface area is 106 Å². The van der Waals surface area contributed by atoms with Crippen LogP contribution in [0, 0.1) is 13.8 Å². The number of Topliss-reactive ketones (excluding diaryl/α,β-unsaturated/α-hetero) is 1. The van der Waals surface area contributed by atoms with Gasteiger partial charge in [-0.05, 0) is 27.9 Å². The van der Waals surface area contributed by atoms with Crippen LogP contribution in [0.1, 0.15) is 28.3 Å². The third kappa shape index (κ3) is 2.38. The average Bonchev–Trinajstić information content (AvgIpc) is 2.68. The van der Waals surface area contributed by atoms with Gasteiger partial charge in [0.25, 0.3) is 5.78 Å². The van der Waals surface area contributed by atoms with Gasteiger partial charge in [-0.1, -0.05) is 0 Å². The molecule has 6 nitrogen and oxygen atoms in total. The third-order valence-corrected chi connectivity index (χ3v) is 2.80. The molecule has 0 fully saturated rings. The Morgan fingerprint density at radius 1 is 1.39 bits per heavy atom. The summed E-state index contributed by atoms with van der Waals surface area (Å²) in [6.45, 7) is 4.40. The fourth-order valence-electron chi connectivity index (χ4n) is 1.78. The van der Waals surface area contributed by atoms with Crippen LogP contribution in [-0.4, -0.2) is 50.9 Å². The number of ketones is 1. The molecular weight excluding hydrogens is 230 g/mol. The zero-order valence-electron chi connectivity index (χ0n) is 11.1. The number of aromatic nitrogens is 4. The van der Waals surface area contributed by atoms with Crippen LogP contribution in [0.5, 0.6) is 0 Å². The Morgan fingerprint density at radius 3 is 2.78 bits per heavy atom. The summed E-state index contributed by atoms with van der Waals surface area (Å²) in [5.41, 5.74) is 1.42. The molecule has 0 unspecified atom stereocenters. The van der Waals surface area contributed by atoms with E-state index in [2.05, 4.69) is 15.1 Å². The standard InChI is InChI=1S/C12H17N5O/c1-8-10(11(18)5-6-16(3)4)7-13-12-14-9(2)15-17(8)12/h7H,5-6H2,1-4H3. The summed E-state index contributed by atoms with van der Waals surface area (Å²) in [4.78, 5) is 22.4. The highest BCUT2D eigenvalue weighted by Crippen LogP contribution is 2.11. The first kappa shape index (κ1) is 12.6. The molecule has 0 N–H and O–H groups in total. The molecule has 2 aromatic heterocycles. The molecule has 0 amide bonds. The van der Waals surface area contributed by atoms with Crippen LogP contribution >= 0.6 is 0 Å². The lowest BCUT2D eigenvalue weighted by Gasteiger charge is -2.09. The molecule has 2 heterocycles. The smallest absolute Gasteiger partial charge is 0.252 e. The van der Waals surface area contributed by atoms with Gasteiger partial charge < -0.3 is 4.90 Å². The van der Waals surface area contributed by atoms with Crippen LogP contribution in [-0.2, 0) is 0 Å². The van der Waals surface area contributed by atoms with Crippen LogP contribution in [0.15, 0.2) is 6.20 Å². The first-order valence-corrected chi connectivity index (χ1v) is 5.86. The maximum Gasteiger partial charge on any atom is 0.252 e. The average molecular weight is 247 g/mol. The minimum atomic E-state index is 0.0868. The van der Waals surface area contributed by atoms with E-state index >= 15 is 0 Å². The predicted octanol–water partition coefficient (Wildman–Crippen LogP) is 0.876. The predicted molar refractivity (Wildman–Crippen MR) is 67.8 cm³/mol. The molecule has 2 rings (SSSR count). The fraction of sp³-hybridized carbons (Fsp3) is 0.500. The van der Waals surface area contributed by atoms with Crippen molar-refractivity contribution in [3.05, 3.63) is 23.3 Å². The van der Waals surface area contributed by atoms with E-state index in [9.17, 15) is 4.79 Å². The monoisotopic (exact) mass is 247 g/mol. The molecular formula is C12H17N5O. The molecule has 0 spiro atoms. The number of carbonyl (C=O) groups is 1. The highest BCUT2D eigenvalue weighted by atomic mass is 16.1. The second kappa shape index (κ2) is 4.81. The summed E-state index contributed by atoms with van der Waals surface area (Å²) in [6.07, 6.45) is 2.07. The van der Waals surface area contributed by atoms with Gasteiger partial charge in [-0.3, -0.25) is 4.79 Å². The van der Waals surface area contributed by atoms with E-state index in [1.54, 1.807) is 10.7 Å². The van der Waals surface area contributed by atoms with Crippen molar-refractivity contribution in [1.82, 2.24) is 24.5 Å². The molecule has 18 heavy (non-hydrogen) atoms. The van der Waals surface area contributed by atoms with Crippen molar-refractivity contribution >= 4 is 11.6 Å². The minimum absolute atomic E-state index is 0.0868. The molecule has 0 saturated heterocycles. The van der Waals surface area contributed by atoms with E-state index in [1.165, 1.54) is 0 Å². The van der Waals surface area contributed by atoms with E-state index in [1.807, 2.05) is 32.8 Å². The lowest BCUT2D eigenvalue weighted by Crippen LogP contribution is -2.18. The topological polar surface area (TPSA) is 63.4 Å². The number of fused-ring (bicyclic) bond motifs is 1. The Hall–Kier alpha value is -1.82. The SMILES string of the molecule is Cc1nc2ncc(C(=O)CCN(C)C)c(C)n2n1. The molecule has 0 aliphatic heterocycles. The second-order valence-corrected chi connectivity index (χ2v) is 4.60. The minimum Gasteiger partial charge on any atom is -0.309 e. The maximum atomic E-state index is 12.1. The lowest BCUT2D eigenvalue weighted by atomic mass is 10.1. The van der Waals surface area contributed by atoms with Crippen molar-refractivity contribution in [3.63, 3.8) is 0 Å². The summed E-state index contributed by atoms with van der Waals surface area (Å²) >= 11 is 0.